The maximum absolute atomic E-state index is 11.7. The minimum atomic E-state index is 0.110. The normalized spacial score (nSPS) is 16.1. The molecule has 0 radical (unpaired) electrons. The minimum Gasteiger partial charge on any atom is -0.497 e. The molecule has 0 unspecified atom stereocenters. The van der Waals surface area contributed by atoms with Gasteiger partial charge in [-0.15, -0.1) is 0 Å². The molecule has 3 aromatic rings. The molecule has 2 aliphatic rings. The third kappa shape index (κ3) is 6.18. The molecule has 0 saturated carbocycles. The van der Waals surface area contributed by atoms with Crippen LogP contribution in [-0.2, 0) is 24.4 Å². The molecule has 1 amide bonds. The number of nitrogens with zero attached hydrogens (tertiary/aromatic N) is 3. The van der Waals surface area contributed by atoms with Gasteiger partial charge in [-0.25, -0.2) is 0 Å². The quantitative estimate of drug-likeness (QED) is 0.487. The number of nitrogens with one attached hydrogen (secondary N) is 1. The van der Waals surface area contributed by atoms with Crippen LogP contribution in [0.2, 0.25) is 0 Å². The average molecular weight is 485 g/mol. The Balaban J connectivity index is 1.35. The molecule has 0 atom stereocenters. The van der Waals surface area contributed by atoms with Crippen LogP contribution < -0.4 is 19.9 Å². The summed E-state index contributed by atoms with van der Waals surface area (Å²) in [6.07, 6.45) is 2.56. The van der Waals surface area contributed by atoms with Gasteiger partial charge in [-0.1, -0.05) is 36.4 Å². The molecule has 1 N–H and O–H groups in total. The van der Waals surface area contributed by atoms with Gasteiger partial charge in [-0.3, -0.25) is 9.69 Å². The number of benzene rings is 3. The number of hydrogen-bond donors (Lipinski definition) is 1. The van der Waals surface area contributed by atoms with E-state index in [2.05, 4.69) is 86.7 Å². The number of rotatable bonds is 9. The van der Waals surface area contributed by atoms with E-state index < -0.39 is 0 Å². The summed E-state index contributed by atoms with van der Waals surface area (Å²) in [4.78, 5) is 18.9. The summed E-state index contributed by atoms with van der Waals surface area (Å²) in [5, 5.41) is 2.90. The van der Waals surface area contributed by atoms with Crippen molar-refractivity contribution in [2.75, 3.05) is 49.6 Å². The highest BCUT2D eigenvalue weighted by Crippen LogP contribution is 2.26. The fourth-order valence-electron chi connectivity index (χ4n) is 5.17. The van der Waals surface area contributed by atoms with Gasteiger partial charge in [0.15, 0.2) is 0 Å². The second-order valence-corrected chi connectivity index (χ2v) is 9.80. The summed E-state index contributed by atoms with van der Waals surface area (Å²) in [6, 6.07) is 26.1. The van der Waals surface area contributed by atoms with Gasteiger partial charge < -0.3 is 19.9 Å². The summed E-state index contributed by atoms with van der Waals surface area (Å²) < 4.78 is 5.47. The largest absolute Gasteiger partial charge is 0.497 e. The van der Waals surface area contributed by atoms with E-state index in [0.717, 1.165) is 51.6 Å². The zero-order valence-corrected chi connectivity index (χ0v) is 21.2. The number of ether oxygens (including phenoxy) is 1. The third-order valence-corrected chi connectivity index (χ3v) is 7.09. The van der Waals surface area contributed by atoms with Crippen molar-refractivity contribution in [1.82, 2.24) is 10.2 Å². The summed E-state index contributed by atoms with van der Waals surface area (Å²) in [5.41, 5.74) is 6.27. The molecule has 0 bridgehead atoms. The van der Waals surface area contributed by atoms with E-state index in [1.807, 2.05) is 6.07 Å². The lowest BCUT2D eigenvalue weighted by atomic mass is 10.1. The molecular weight excluding hydrogens is 448 g/mol. The number of piperazine rings is 1. The van der Waals surface area contributed by atoms with E-state index in [1.165, 1.54) is 40.9 Å². The Morgan fingerprint density at radius 1 is 0.861 bits per heavy atom. The third-order valence-electron chi connectivity index (χ3n) is 7.09. The monoisotopic (exact) mass is 484 g/mol. The van der Waals surface area contributed by atoms with Crippen LogP contribution in [0.1, 0.15) is 29.5 Å². The molecule has 0 aliphatic carbocycles. The predicted octanol–water partition coefficient (Wildman–Crippen LogP) is 4.43. The first-order valence-corrected chi connectivity index (χ1v) is 13.0. The lowest BCUT2D eigenvalue weighted by Crippen LogP contribution is -2.47. The Hall–Kier alpha value is -3.51. The zero-order chi connectivity index (χ0) is 24.7. The van der Waals surface area contributed by atoms with Crippen molar-refractivity contribution >= 4 is 17.3 Å². The smallest absolute Gasteiger partial charge is 0.234 e. The van der Waals surface area contributed by atoms with E-state index in [-0.39, 0.29) is 5.91 Å². The molecule has 5 rings (SSSR count). The summed E-state index contributed by atoms with van der Waals surface area (Å²) >= 11 is 0. The van der Waals surface area contributed by atoms with Crippen molar-refractivity contribution in [3.8, 4) is 5.75 Å². The standard InChI is InChI=1S/C30H36N4O2/c1-36-29-9-5-7-26(19-29)22-34(21-25-6-4-8-28(18-25)33-15-2-3-16-33)27-12-10-24(11-13-27)20-32-17-14-31-30(35)23-32/h4-13,18-19H,2-3,14-17,20-23H2,1H3,(H,31,35). The van der Waals surface area contributed by atoms with Crippen LogP contribution >= 0.6 is 0 Å². The van der Waals surface area contributed by atoms with Gasteiger partial charge >= 0.3 is 0 Å². The van der Waals surface area contributed by atoms with Crippen LogP contribution in [0.25, 0.3) is 0 Å². The molecule has 0 aromatic heterocycles. The molecule has 2 heterocycles. The second kappa shape index (κ2) is 11.5. The first-order chi connectivity index (χ1) is 17.7. The van der Waals surface area contributed by atoms with Crippen molar-refractivity contribution in [1.29, 1.82) is 0 Å². The first-order valence-electron chi connectivity index (χ1n) is 13.0. The lowest BCUT2D eigenvalue weighted by molar-refractivity contribution is -0.124. The van der Waals surface area contributed by atoms with Gasteiger partial charge in [-0.2, -0.15) is 0 Å². The highest BCUT2D eigenvalue weighted by Gasteiger charge is 2.17. The van der Waals surface area contributed by atoms with Crippen LogP contribution in [0.4, 0.5) is 11.4 Å². The summed E-state index contributed by atoms with van der Waals surface area (Å²) in [7, 11) is 1.71. The van der Waals surface area contributed by atoms with Crippen molar-refractivity contribution in [2.24, 2.45) is 0 Å². The van der Waals surface area contributed by atoms with Crippen molar-refractivity contribution in [3.63, 3.8) is 0 Å². The first kappa shape index (κ1) is 24.2. The molecular formula is C30H36N4O2. The summed E-state index contributed by atoms with van der Waals surface area (Å²) in [5.74, 6) is 0.989. The van der Waals surface area contributed by atoms with Crippen molar-refractivity contribution < 1.29 is 9.53 Å². The van der Waals surface area contributed by atoms with E-state index in [1.54, 1.807) is 7.11 Å². The molecule has 36 heavy (non-hydrogen) atoms. The highest BCUT2D eigenvalue weighted by molar-refractivity contribution is 5.78. The second-order valence-electron chi connectivity index (χ2n) is 9.80. The van der Waals surface area contributed by atoms with Crippen molar-refractivity contribution in [3.05, 3.63) is 89.5 Å². The Morgan fingerprint density at radius 2 is 1.58 bits per heavy atom. The summed E-state index contributed by atoms with van der Waals surface area (Å²) in [6.45, 7) is 6.79. The van der Waals surface area contributed by atoms with E-state index in [4.69, 9.17) is 4.74 Å². The van der Waals surface area contributed by atoms with Gasteiger partial charge in [0.05, 0.1) is 13.7 Å². The zero-order valence-electron chi connectivity index (χ0n) is 21.2. The molecule has 2 fully saturated rings. The Labute approximate surface area is 214 Å². The van der Waals surface area contributed by atoms with Gasteiger partial charge in [-0.05, 0) is 65.9 Å². The SMILES string of the molecule is COc1cccc(CN(Cc2cccc(N3CCCC3)c2)c2ccc(CN3CCNC(=O)C3)cc2)c1. The van der Waals surface area contributed by atoms with Gasteiger partial charge in [0.1, 0.15) is 5.75 Å². The minimum absolute atomic E-state index is 0.110. The number of carbonyl (C=O) groups is 1. The average Bonchev–Trinajstić information content (AvgIpc) is 3.45. The van der Waals surface area contributed by atoms with Crippen LogP contribution in [0, 0.1) is 0 Å². The van der Waals surface area contributed by atoms with Crippen LogP contribution in [-0.4, -0.2) is 50.6 Å². The molecule has 0 spiro atoms. The topological polar surface area (TPSA) is 48.1 Å². The van der Waals surface area contributed by atoms with Crippen molar-refractivity contribution in [2.45, 2.75) is 32.5 Å². The molecule has 3 aromatic carbocycles. The predicted molar refractivity (Wildman–Crippen MR) is 145 cm³/mol. The van der Waals surface area contributed by atoms with E-state index in [0.29, 0.717) is 6.54 Å². The molecule has 2 aliphatic heterocycles. The van der Waals surface area contributed by atoms with Gasteiger partial charge in [0, 0.05) is 57.2 Å². The Morgan fingerprint density at radius 3 is 2.31 bits per heavy atom. The number of carbonyl (C=O) groups excluding carboxylic acids is 1. The van der Waals surface area contributed by atoms with Crippen LogP contribution in [0.5, 0.6) is 5.75 Å². The Kier molecular flexibility index (Phi) is 7.72. The Bertz CT molecular complexity index is 1160. The highest BCUT2D eigenvalue weighted by atomic mass is 16.5. The molecule has 6 heteroatoms. The van der Waals surface area contributed by atoms with Crippen LogP contribution in [0.3, 0.4) is 0 Å². The van der Waals surface area contributed by atoms with E-state index in [9.17, 15) is 4.79 Å². The number of methoxy groups -OCH3 is 1. The molecule has 188 valence electrons. The van der Waals surface area contributed by atoms with Crippen LogP contribution in [0.15, 0.2) is 72.8 Å². The number of amides is 1. The number of hydrogen-bond acceptors (Lipinski definition) is 5. The maximum Gasteiger partial charge on any atom is 0.234 e. The lowest BCUT2D eigenvalue weighted by Gasteiger charge is -2.28. The van der Waals surface area contributed by atoms with E-state index >= 15 is 0 Å². The molecule has 2 saturated heterocycles. The number of anilines is 2. The fourth-order valence-corrected chi connectivity index (χ4v) is 5.17. The fraction of sp³-hybridized carbons (Fsp3) is 0.367. The van der Waals surface area contributed by atoms with Gasteiger partial charge in [0.25, 0.3) is 0 Å². The maximum atomic E-state index is 11.7. The molecule has 6 nitrogen and oxygen atoms in total. The van der Waals surface area contributed by atoms with Gasteiger partial charge in [0.2, 0.25) is 5.91 Å².